The first-order chi connectivity index (χ1) is 10.3. The highest BCUT2D eigenvalue weighted by Gasteiger charge is 2.18. The van der Waals surface area contributed by atoms with Gasteiger partial charge < -0.3 is 15.4 Å². The summed E-state index contributed by atoms with van der Waals surface area (Å²) in [5.74, 6) is -0.00732. The van der Waals surface area contributed by atoms with E-state index in [-0.39, 0.29) is 5.91 Å². The fraction of sp³-hybridized carbons (Fsp3) is 0.412. The number of ether oxygens (including phenoxy) is 1. The number of carbonyl (C=O) groups excluding carboxylic acids is 2. The summed E-state index contributed by atoms with van der Waals surface area (Å²) in [5.41, 5.74) is 2.35. The summed E-state index contributed by atoms with van der Waals surface area (Å²) < 4.78 is 5.15. The van der Waals surface area contributed by atoms with Crippen molar-refractivity contribution in [1.29, 1.82) is 0 Å². The van der Waals surface area contributed by atoms with Crippen LogP contribution in [0.15, 0.2) is 24.3 Å². The first-order valence-electron chi connectivity index (χ1n) is 7.40. The molecule has 0 fully saturated rings. The van der Waals surface area contributed by atoms with Gasteiger partial charge in [-0.1, -0.05) is 18.2 Å². The molecule has 2 N–H and O–H groups in total. The van der Waals surface area contributed by atoms with E-state index in [2.05, 4.69) is 10.6 Å². The third-order valence-corrected chi connectivity index (χ3v) is 3.10. The van der Waals surface area contributed by atoms with Crippen LogP contribution in [0.25, 0.3) is 6.08 Å². The molecule has 2 rings (SSSR count). The molecule has 0 spiro atoms. The van der Waals surface area contributed by atoms with Crippen LogP contribution in [0.2, 0.25) is 0 Å². The molecule has 0 aliphatic carbocycles. The van der Waals surface area contributed by atoms with Crippen LogP contribution in [0, 0.1) is 0 Å². The Labute approximate surface area is 130 Å². The number of carbonyl (C=O) groups is 2. The highest BCUT2D eigenvalue weighted by molar-refractivity contribution is 5.98. The quantitative estimate of drug-likeness (QED) is 0.840. The van der Waals surface area contributed by atoms with Gasteiger partial charge in [-0.3, -0.25) is 4.79 Å². The molecule has 1 aliphatic rings. The van der Waals surface area contributed by atoms with E-state index in [0.29, 0.717) is 19.5 Å². The van der Waals surface area contributed by atoms with Crippen LogP contribution in [-0.4, -0.2) is 24.1 Å². The Hall–Kier alpha value is -2.30. The van der Waals surface area contributed by atoms with Crippen LogP contribution < -0.4 is 10.6 Å². The van der Waals surface area contributed by atoms with Gasteiger partial charge in [-0.25, -0.2) is 4.79 Å². The van der Waals surface area contributed by atoms with Crippen LogP contribution in [0.5, 0.6) is 0 Å². The predicted octanol–water partition coefficient (Wildman–Crippen LogP) is 2.86. The summed E-state index contributed by atoms with van der Waals surface area (Å²) in [7, 11) is 0. The molecule has 0 aromatic heterocycles. The SMILES string of the molecule is CC(C)(C)OC(=O)NCCC=Cc1ccc2c(c1)CNC2=O. The Morgan fingerprint density at radius 1 is 1.41 bits per heavy atom. The molecule has 5 heteroatoms. The van der Waals surface area contributed by atoms with E-state index in [4.69, 9.17) is 4.74 Å². The van der Waals surface area contributed by atoms with E-state index < -0.39 is 11.7 Å². The van der Waals surface area contributed by atoms with E-state index in [1.165, 1.54) is 0 Å². The number of nitrogens with one attached hydrogen (secondary N) is 2. The molecule has 0 bridgehead atoms. The van der Waals surface area contributed by atoms with Crippen molar-refractivity contribution >= 4 is 18.1 Å². The molecule has 5 nitrogen and oxygen atoms in total. The van der Waals surface area contributed by atoms with Gasteiger partial charge in [0, 0.05) is 18.7 Å². The predicted molar refractivity (Wildman–Crippen MR) is 85.5 cm³/mol. The lowest BCUT2D eigenvalue weighted by atomic mass is 10.1. The largest absolute Gasteiger partial charge is 0.444 e. The van der Waals surface area contributed by atoms with Crippen LogP contribution in [0.4, 0.5) is 4.79 Å². The monoisotopic (exact) mass is 302 g/mol. The average Bonchev–Trinajstić information content (AvgIpc) is 2.77. The second-order valence-corrected chi connectivity index (χ2v) is 6.22. The number of alkyl carbamates (subject to hydrolysis) is 1. The van der Waals surface area contributed by atoms with E-state index >= 15 is 0 Å². The molecule has 1 heterocycles. The maximum atomic E-state index is 11.5. The molecule has 0 unspecified atom stereocenters. The zero-order valence-electron chi connectivity index (χ0n) is 13.2. The van der Waals surface area contributed by atoms with E-state index in [0.717, 1.165) is 16.7 Å². The van der Waals surface area contributed by atoms with E-state index in [9.17, 15) is 9.59 Å². The van der Waals surface area contributed by atoms with Gasteiger partial charge in [0.2, 0.25) is 0 Å². The highest BCUT2D eigenvalue weighted by Crippen LogP contribution is 2.18. The number of amides is 2. The van der Waals surface area contributed by atoms with Crippen molar-refractivity contribution in [2.24, 2.45) is 0 Å². The minimum Gasteiger partial charge on any atom is -0.444 e. The lowest BCUT2D eigenvalue weighted by Crippen LogP contribution is -2.32. The van der Waals surface area contributed by atoms with Gasteiger partial charge in [0.15, 0.2) is 0 Å². The molecule has 0 saturated heterocycles. The zero-order chi connectivity index (χ0) is 16.2. The van der Waals surface area contributed by atoms with Gasteiger partial charge in [0.25, 0.3) is 5.91 Å². The van der Waals surface area contributed by atoms with Crippen molar-refractivity contribution in [3.8, 4) is 0 Å². The molecule has 1 aromatic rings. The molecule has 0 saturated carbocycles. The third kappa shape index (κ3) is 4.62. The summed E-state index contributed by atoms with van der Waals surface area (Å²) in [4.78, 5) is 22.9. The first-order valence-corrected chi connectivity index (χ1v) is 7.40. The van der Waals surface area contributed by atoms with Gasteiger partial charge >= 0.3 is 6.09 Å². The number of hydrogen-bond acceptors (Lipinski definition) is 3. The maximum absolute atomic E-state index is 11.5. The van der Waals surface area contributed by atoms with Gasteiger partial charge in [-0.2, -0.15) is 0 Å². The van der Waals surface area contributed by atoms with Crippen molar-refractivity contribution in [2.75, 3.05) is 6.54 Å². The van der Waals surface area contributed by atoms with Crippen molar-refractivity contribution in [2.45, 2.75) is 39.3 Å². The van der Waals surface area contributed by atoms with Gasteiger partial charge in [0.1, 0.15) is 5.60 Å². The van der Waals surface area contributed by atoms with Crippen molar-refractivity contribution in [1.82, 2.24) is 10.6 Å². The molecule has 0 radical (unpaired) electrons. The highest BCUT2D eigenvalue weighted by atomic mass is 16.6. The summed E-state index contributed by atoms with van der Waals surface area (Å²) in [6, 6.07) is 5.77. The minimum atomic E-state index is -0.476. The number of benzene rings is 1. The van der Waals surface area contributed by atoms with Gasteiger partial charge in [0.05, 0.1) is 0 Å². The topological polar surface area (TPSA) is 67.4 Å². The van der Waals surface area contributed by atoms with Crippen molar-refractivity contribution in [3.63, 3.8) is 0 Å². The molecule has 0 atom stereocenters. The Balaban J connectivity index is 1.77. The standard InChI is InChI=1S/C17H22N2O3/c1-17(2,3)22-16(21)18-9-5-4-6-12-7-8-14-13(10-12)11-19-15(14)20/h4,6-8,10H,5,9,11H2,1-3H3,(H,18,21)(H,19,20). The summed E-state index contributed by atoms with van der Waals surface area (Å²) in [5, 5.41) is 5.50. The molecule has 1 aromatic carbocycles. The van der Waals surface area contributed by atoms with Crippen LogP contribution in [-0.2, 0) is 11.3 Å². The summed E-state index contributed by atoms with van der Waals surface area (Å²) in [6.07, 6.45) is 4.29. The lowest BCUT2D eigenvalue weighted by Gasteiger charge is -2.19. The molecule has 118 valence electrons. The first kappa shape index (κ1) is 16.1. The van der Waals surface area contributed by atoms with Crippen molar-refractivity contribution < 1.29 is 14.3 Å². The smallest absolute Gasteiger partial charge is 0.407 e. The van der Waals surface area contributed by atoms with Crippen LogP contribution in [0.1, 0.15) is 48.7 Å². The maximum Gasteiger partial charge on any atom is 0.407 e. The van der Waals surface area contributed by atoms with Crippen molar-refractivity contribution in [3.05, 3.63) is 41.0 Å². The number of rotatable bonds is 4. The van der Waals surface area contributed by atoms with Gasteiger partial charge in [-0.15, -0.1) is 0 Å². The van der Waals surface area contributed by atoms with Crippen LogP contribution in [0.3, 0.4) is 0 Å². The van der Waals surface area contributed by atoms with E-state index in [1.807, 2.05) is 51.1 Å². The zero-order valence-corrected chi connectivity index (χ0v) is 13.2. The number of fused-ring (bicyclic) bond motifs is 1. The lowest BCUT2D eigenvalue weighted by molar-refractivity contribution is 0.0528. The third-order valence-electron chi connectivity index (χ3n) is 3.10. The summed E-state index contributed by atoms with van der Waals surface area (Å²) >= 11 is 0. The number of hydrogen-bond donors (Lipinski definition) is 2. The fourth-order valence-electron chi connectivity index (χ4n) is 2.15. The molecular weight excluding hydrogens is 280 g/mol. The molecule has 2 amide bonds. The second kappa shape index (κ2) is 6.64. The Kier molecular flexibility index (Phi) is 4.85. The Morgan fingerprint density at radius 3 is 2.91 bits per heavy atom. The Bertz CT molecular complexity index is 600. The molecular formula is C17H22N2O3. The molecule has 1 aliphatic heterocycles. The second-order valence-electron chi connectivity index (χ2n) is 6.22. The van der Waals surface area contributed by atoms with Gasteiger partial charge in [-0.05, 0) is 50.5 Å². The Morgan fingerprint density at radius 2 is 2.18 bits per heavy atom. The normalized spacial score (nSPS) is 13.9. The minimum absolute atomic E-state index is 0.00732. The molecule has 22 heavy (non-hydrogen) atoms. The average molecular weight is 302 g/mol. The van der Waals surface area contributed by atoms with Crippen LogP contribution >= 0.6 is 0 Å². The van der Waals surface area contributed by atoms with E-state index in [1.54, 1.807) is 0 Å². The fourth-order valence-corrected chi connectivity index (χ4v) is 2.15. The summed E-state index contributed by atoms with van der Waals surface area (Å²) in [6.45, 7) is 6.62.